The molecule has 0 amide bonds. The van der Waals surface area contributed by atoms with E-state index in [0.717, 1.165) is 0 Å². The van der Waals surface area contributed by atoms with Gasteiger partial charge in [-0.3, -0.25) is 0 Å². The van der Waals surface area contributed by atoms with Gasteiger partial charge in [0.1, 0.15) is 17.6 Å². The molecule has 1 heterocycles. The van der Waals surface area contributed by atoms with Crippen LogP contribution in [-0.4, -0.2) is 33.8 Å². The Morgan fingerprint density at radius 1 is 1.47 bits per heavy atom. The summed E-state index contributed by atoms with van der Waals surface area (Å²) in [5.74, 6) is 1.11. The summed E-state index contributed by atoms with van der Waals surface area (Å²) in [7, 11) is 0. The van der Waals surface area contributed by atoms with Gasteiger partial charge >= 0.3 is 0 Å². The van der Waals surface area contributed by atoms with Crippen molar-refractivity contribution in [1.82, 2.24) is 9.97 Å². The summed E-state index contributed by atoms with van der Waals surface area (Å²) >= 11 is 5.89. The molecule has 1 rings (SSSR count). The van der Waals surface area contributed by atoms with E-state index in [4.69, 9.17) is 16.3 Å². The summed E-state index contributed by atoms with van der Waals surface area (Å²) in [6.07, 6.45) is 0. The van der Waals surface area contributed by atoms with Gasteiger partial charge in [0.15, 0.2) is 5.82 Å². The van der Waals surface area contributed by atoms with Gasteiger partial charge < -0.3 is 15.2 Å². The molecule has 0 unspecified atom stereocenters. The van der Waals surface area contributed by atoms with Crippen molar-refractivity contribution in [2.45, 2.75) is 32.9 Å². The summed E-state index contributed by atoms with van der Waals surface area (Å²) in [6, 6.07) is 1.62. The molecule has 0 aromatic carbocycles. The van der Waals surface area contributed by atoms with E-state index in [1.165, 1.54) is 0 Å². The molecule has 0 aliphatic heterocycles. The van der Waals surface area contributed by atoms with Crippen molar-refractivity contribution < 1.29 is 9.84 Å². The number of nitrogens with one attached hydrogen (secondary N) is 1. The number of ether oxygens (including phenoxy) is 1. The molecular formula is C11H18ClN3O2. The number of anilines is 1. The molecule has 2 N–H and O–H groups in total. The fraction of sp³-hybridized carbons (Fsp3) is 0.636. The van der Waals surface area contributed by atoms with Gasteiger partial charge in [0.25, 0.3) is 0 Å². The first-order chi connectivity index (χ1) is 7.96. The van der Waals surface area contributed by atoms with Crippen LogP contribution in [0, 0.1) is 0 Å². The van der Waals surface area contributed by atoms with E-state index in [-0.39, 0.29) is 6.61 Å². The molecular weight excluding hydrogens is 242 g/mol. The summed E-state index contributed by atoms with van der Waals surface area (Å²) in [5.41, 5.74) is -0.458. The molecule has 6 heteroatoms. The van der Waals surface area contributed by atoms with Crippen LogP contribution in [0.2, 0.25) is 5.15 Å². The van der Waals surface area contributed by atoms with Crippen LogP contribution in [0.5, 0.6) is 0 Å². The Morgan fingerprint density at radius 2 is 2.18 bits per heavy atom. The van der Waals surface area contributed by atoms with E-state index in [9.17, 15) is 5.11 Å². The van der Waals surface area contributed by atoms with Crippen LogP contribution in [0.4, 0.5) is 5.82 Å². The standard InChI is InChI=1S/C11H18ClN3O2/c1-4-17-6-10-13-8(12)5-9(14-10)15-11(2,3)7-16/h5,16H,4,6-7H2,1-3H3,(H,13,14,15). The Bertz CT molecular complexity index is 372. The predicted octanol–water partition coefficient (Wildman–Crippen LogP) is 1.85. The Hall–Kier alpha value is -0.910. The molecule has 0 spiro atoms. The molecule has 1 aromatic heterocycles. The van der Waals surface area contributed by atoms with Gasteiger partial charge in [-0.15, -0.1) is 0 Å². The van der Waals surface area contributed by atoms with Crippen molar-refractivity contribution in [3.63, 3.8) is 0 Å². The number of hydrogen-bond donors (Lipinski definition) is 2. The highest BCUT2D eigenvalue weighted by Crippen LogP contribution is 2.16. The predicted molar refractivity (Wildman–Crippen MR) is 67.2 cm³/mol. The average molecular weight is 260 g/mol. The first-order valence-corrected chi connectivity index (χ1v) is 5.85. The summed E-state index contributed by atoms with van der Waals surface area (Å²) < 4.78 is 5.23. The van der Waals surface area contributed by atoms with Crippen LogP contribution >= 0.6 is 11.6 Å². The molecule has 5 nitrogen and oxygen atoms in total. The lowest BCUT2D eigenvalue weighted by Crippen LogP contribution is -2.35. The van der Waals surface area contributed by atoms with Gasteiger partial charge in [0, 0.05) is 12.7 Å². The lowest BCUT2D eigenvalue weighted by molar-refractivity contribution is 0.128. The minimum absolute atomic E-state index is 0.00455. The van der Waals surface area contributed by atoms with Gasteiger partial charge in [-0.2, -0.15) is 0 Å². The minimum atomic E-state index is -0.458. The first-order valence-electron chi connectivity index (χ1n) is 5.47. The fourth-order valence-corrected chi connectivity index (χ4v) is 1.37. The van der Waals surface area contributed by atoms with Crippen molar-refractivity contribution in [3.05, 3.63) is 17.0 Å². The molecule has 0 fully saturated rings. The zero-order chi connectivity index (χ0) is 12.9. The van der Waals surface area contributed by atoms with E-state index in [2.05, 4.69) is 15.3 Å². The molecule has 1 aromatic rings. The first kappa shape index (κ1) is 14.2. The smallest absolute Gasteiger partial charge is 0.158 e. The van der Waals surface area contributed by atoms with Crippen LogP contribution in [0.15, 0.2) is 6.07 Å². The summed E-state index contributed by atoms with van der Waals surface area (Å²) in [4.78, 5) is 8.32. The van der Waals surface area contributed by atoms with Gasteiger partial charge in [-0.05, 0) is 20.8 Å². The van der Waals surface area contributed by atoms with Crippen molar-refractivity contribution in [2.75, 3.05) is 18.5 Å². The fourth-order valence-electron chi connectivity index (χ4n) is 1.17. The molecule has 0 saturated heterocycles. The maximum absolute atomic E-state index is 9.17. The average Bonchev–Trinajstić information content (AvgIpc) is 2.25. The lowest BCUT2D eigenvalue weighted by Gasteiger charge is -2.24. The van der Waals surface area contributed by atoms with Crippen LogP contribution in [0.25, 0.3) is 0 Å². The molecule has 0 aliphatic carbocycles. The highest BCUT2D eigenvalue weighted by atomic mass is 35.5. The number of aliphatic hydroxyl groups is 1. The van der Waals surface area contributed by atoms with Crippen molar-refractivity contribution in [3.8, 4) is 0 Å². The monoisotopic (exact) mass is 259 g/mol. The lowest BCUT2D eigenvalue weighted by atomic mass is 10.1. The minimum Gasteiger partial charge on any atom is -0.394 e. The SMILES string of the molecule is CCOCc1nc(Cl)cc(NC(C)(C)CO)n1. The number of aromatic nitrogens is 2. The van der Waals surface area contributed by atoms with Crippen molar-refractivity contribution >= 4 is 17.4 Å². The highest BCUT2D eigenvalue weighted by Gasteiger charge is 2.17. The normalized spacial score (nSPS) is 11.6. The van der Waals surface area contributed by atoms with E-state index in [1.807, 2.05) is 20.8 Å². The van der Waals surface area contributed by atoms with Crippen LogP contribution in [0.1, 0.15) is 26.6 Å². The molecule has 0 atom stereocenters. The van der Waals surface area contributed by atoms with Gasteiger partial charge in [0.2, 0.25) is 0 Å². The van der Waals surface area contributed by atoms with Gasteiger partial charge in [-0.25, -0.2) is 9.97 Å². The van der Waals surface area contributed by atoms with Crippen molar-refractivity contribution in [2.24, 2.45) is 0 Å². The second-order valence-corrected chi connectivity index (χ2v) is 4.68. The van der Waals surface area contributed by atoms with Crippen LogP contribution in [0.3, 0.4) is 0 Å². The van der Waals surface area contributed by atoms with E-state index in [0.29, 0.717) is 30.0 Å². The molecule has 17 heavy (non-hydrogen) atoms. The third kappa shape index (κ3) is 4.85. The Kier molecular flexibility index (Phi) is 5.11. The maximum Gasteiger partial charge on any atom is 0.158 e. The highest BCUT2D eigenvalue weighted by molar-refractivity contribution is 6.29. The molecule has 0 aliphatic rings. The number of halogens is 1. The van der Waals surface area contributed by atoms with Crippen LogP contribution < -0.4 is 5.32 Å². The largest absolute Gasteiger partial charge is 0.394 e. The van der Waals surface area contributed by atoms with E-state index >= 15 is 0 Å². The quantitative estimate of drug-likeness (QED) is 0.763. The Labute approximate surface area is 106 Å². The second-order valence-electron chi connectivity index (χ2n) is 4.30. The van der Waals surface area contributed by atoms with Gasteiger partial charge in [-0.1, -0.05) is 11.6 Å². The van der Waals surface area contributed by atoms with Crippen molar-refractivity contribution in [1.29, 1.82) is 0 Å². The molecule has 0 bridgehead atoms. The third-order valence-electron chi connectivity index (χ3n) is 2.04. The number of rotatable bonds is 6. The summed E-state index contributed by atoms with van der Waals surface area (Å²) in [6.45, 7) is 6.55. The number of hydrogen-bond acceptors (Lipinski definition) is 5. The zero-order valence-electron chi connectivity index (χ0n) is 10.3. The van der Waals surface area contributed by atoms with E-state index < -0.39 is 5.54 Å². The number of aliphatic hydroxyl groups excluding tert-OH is 1. The maximum atomic E-state index is 9.17. The van der Waals surface area contributed by atoms with Crippen LogP contribution in [-0.2, 0) is 11.3 Å². The van der Waals surface area contributed by atoms with Gasteiger partial charge in [0.05, 0.1) is 12.1 Å². The zero-order valence-corrected chi connectivity index (χ0v) is 11.1. The third-order valence-corrected chi connectivity index (χ3v) is 2.23. The van der Waals surface area contributed by atoms with E-state index in [1.54, 1.807) is 6.07 Å². The molecule has 0 saturated carbocycles. The molecule has 96 valence electrons. The Balaban J connectivity index is 2.82. The number of nitrogens with zero attached hydrogens (tertiary/aromatic N) is 2. The Morgan fingerprint density at radius 3 is 2.76 bits per heavy atom. The second kappa shape index (κ2) is 6.14. The molecule has 0 radical (unpaired) electrons. The topological polar surface area (TPSA) is 67.3 Å². The summed E-state index contributed by atoms with van der Waals surface area (Å²) in [5, 5.41) is 12.6.